The molecule has 0 aromatic carbocycles. The van der Waals surface area contributed by atoms with Gasteiger partial charge in [0, 0.05) is 31.0 Å². The van der Waals surface area contributed by atoms with Crippen LogP contribution in [0.25, 0.3) is 0 Å². The molecule has 1 heterocycles. The van der Waals surface area contributed by atoms with Gasteiger partial charge < -0.3 is 4.57 Å². The lowest BCUT2D eigenvalue weighted by atomic mass is 9.95. The number of carbonyl (C=O) groups excluding carboxylic acids is 1. The summed E-state index contributed by atoms with van der Waals surface area (Å²) in [5.74, 6) is 0.909. The van der Waals surface area contributed by atoms with Crippen molar-refractivity contribution in [1.82, 2.24) is 9.55 Å². The fourth-order valence-corrected chi connectivity index (χ4v) is 2.15. The van der Waals surface area contributed by atoms with Crippen molar-refractivity contribution in [3.8, 4) is 0 Å². The Labute approximate surface area is 84.1 Å². The van der Waals surface area contributed by atoms with E-state index in [0.717, 1.165) is 25.1 Å². The molecule has 0 bridgehead atoms. The van der Waals surface area contributed by atoms with Crippen molar-refractivity contribution in [1.29, 1.82) is 0 Å². The minimum atomic E-state index is 0.162. The maximum Gasteiger partial charge on any atom is 0.136 e. The van der Waals surface area contributed by atoms with Crippen molar-refractivity contribution in [2.24, 2.45) is 5.92 Å². The van der Waals surface area contributed by atoms with E-state index in [-0.39, 0.29) is 5.92 Å². The van der Waals surface area contributed by atoms with Crippen LogP contribution in [-0.2, 0) is 11.3 Å². The molecule has 1 aromatic rings. The Bertz CT molecular complexity index is 343. The predicted octanol–water partition coefficient (Wildman–Crippen LogP) is 1.99. The summed E-state index contributed by atoms with van der Waals surface area (Å²) in [5, 5.41) is 0. The topological polar surface area (TPSA) is 34.9 Å². The zero-order chi connectivity index (χ0) is 10.1. The third kappa shape index (κ3) is 1.47. The number of nitrogens with zero attached hydrogens (tertiary/aromatic N) is 2. The lowest BCUT2D eigenvalue weighted by Gasteiger charge is -2.10. The Balaban J connectivity index is 2.19. The van der Waals surface area contributed by atoms with Gasteiger partial charge in [0.05, 0.1) is 12.0 Å². The van der Waals surface area contributed by atoms with E-state index in [1.807, 2.05) is 13.3 Å². The Kier molecular flexibility index (Phi) is 2.40. The molecule has 0 amide bonds. The summed E-state index contributed by atoms with van der Waals surface area (Å²) >= 11 is 0. The van der Waals surface area contributed by atoms with E-state index in [4.69, 9.17) is 0 Å². The van der Waals surface area contributed by atoms with Crippen LogP contribution in [0.3, 0.4) is 0 Å². The fraction of sp³-hybridized carbons (Fsp3) is 0.636. The molecule has 0 aliphatic heterocycles. The molecule has 2 unspecified atom stereocenters. The SMILES string of the molecule is CCn1cnc(C2CCC(=O)C2C)c1. The van der Waals surface area contributed by atoms with Crippen LogP contribution in [0.2, 0.25) is 0 Å². The van der Waals surface area contributed by atoms with Crippen molar-refractivity contribution < 1.29 is 4.79 Å². The third-order valence-corrected chi connectivity index (χ3v) is 3.21. The number of hydrogen-bond acceptors (Lipinski definition) is 2. The van der Waals surface area contributed by atoms with Crippen LogP contribution < -0.4 is 0 Å². The van der Waals surface area contributed by atoms with Gasteiger partial charge in [0.25, 0.3) is 0 Å². The third-order valence-electron chi connectivity index (χ3n) is 3.21. The summed E-state index contributed by atoms with van der Waals surface area (Å²) in [5.41, 5.74) is 1.09. The summed E-state index contributed by atoms with van der Waals surface area (Å²) in [6, 6.07) is 0. The number of hydrogen-bond donors (Lipinski definition) is 0. The quantitative estimate of drug-likeness (QED) is 0.718. The number of rotatable bonds is 2. The van der Waals surface area contributed by atoms with Gasteiger partial charge in [-0.05, 0) is 13.3 Å². The summed E-state index contributed by atoms with van der Waals surface area (Å²) in [6.45, 7) is 5.06. The van der Waals surface area contributed by atoms with Crippen molar-refractivity contribution >= 4 is 5.78 Å². The molecule has 0 saturated heterocycles. The smallest absolute Gasteiger partial charge is 0.136 e. The molecule has 3 nitrogen and oxygen atoms in total. The average Bonchev–Trinajstić information content (AvgIpc) is 2.75. The van der Waals surface area contributed by atoms with Crippen LogP contribution in [-0.4, -0.2) is 15.3 Å². The first-order valence-corrected chi connectivity index (χ1v) is 5.26. The molecule has 1 aliphatic carbocycles. The minimum Gasteiger partial charge on any atom is -0.337 e. The zero-order valence-electron chi connectivity index (χ0n) is 8.73. The average molecular weight is 192 g/mol. The number of carbonyl (C=O) groups is 1. The van der Waals surface area contributed by atoms with Gasteiger partial charge in [-0.3, -0.25) is 4.79 Å². The summed E-state index contributed by atoms with van der Waals surface area (Å²) in [7, 11) is 0. The Hall–Kier alpha value is -1.12. The van der Waals surface area contributed by atoms with Crippen LogP contribution in [0.15, 0.2) is 12.5 Å². The number of aryl methyl sites for hydroxylation is 1. The summed E-state index contributed by atoms with van der Waals surface area (Å²) < 4.78 is 2.06. The molecule has 2 atom stereocenters. The highest BCUT2D eigenvalue weighted by Crippen LogP contribution is 2.35. The fourth-order valence-electron chi connectivity index (χ4n) is 2.15. The van der Waals surface area contributed by atoms with Crippen LogP contribution in [0.4, 0.5) is 0 Å². The molecule has 76 valence electrons. The minimum absolute atomic E-state index is 0.162. The van der Waals surface area contributed by atoms with E-state index in [0.29, 0.717) is 11.7 Å². The molecule has 0 spiro atoms. The lowest BCUT2D eigenvalue weighted by molar-refractivity contribution is -0.120. The van der Waals surface area contributed by atoms with E-state index >= 15 is 0 Å². The standard InChI is InChI=1S/C11H16N2O/c1-3-13-6-10(12-7-13)9-4-5-11(14)8(9)2/h6-9H,3-5H2,1-2H3. The molecular formula is C11H16N2O. The van der Waals surface area contributed by atoms with Gasteiger partial charge in [-0.25, -0.2) is 4.98 Å². The molecule has 14 heavy (non-hydrogen) atoms. The van der Waals surface area contributed by atoms with Gasteiger partial charge in [0.15, 0.2) is 0 Å². The predicted molar refractivity (Wildman–Crippen MR) is 54.0 cm³/mol. The summed E-state index contributed by atoms with van der Waals surface area (Å²) in [4.78, 5) is 15.8. The van der Waals surface area contributed by atoms with Crippen LogP contribution >= 0.6 is 0 Å². The van der Waals surface area contributed by atoms with Crippen molar-refractivity contribution in [3.05, 3.63) is 18.2 Å². The number of ketones is 1. The largest absolute Gasteiger partial charge is 0.337 e. The highest BCUT2D eigenvalue weighted by atomic mass is 16.1. The molecule has 2 rings (SSSR count). The molecular weight excluding hydrogens is 176 g/mol. The maximum atomic E-state index is 11.4. The Morgan fingerprint density at radius 2 is 2.43 bits per heavy atom. The van der Waals surface area contributed by atoms with E-state index in [1.54, 1.807) is 0 Å². The molecule has 1 aliphatic rings. The van der Waals surface area contributed by atoms with Gasteiger partial charge in [0.2, 0.25) is 0 Å². The van der Waals surface area contributed by atoms with Crippen LogP contribution in [0.5, 0.6) is 0 Å². The maximum absolute atomic E-state index is 11.4. The van der Waals surface area contributed by atoms with Gasteiger partial charge in [-0.2, -0.15) is 0 Å². The van der Waals surface area contributed by atoms with Crippen LogP contribution in [0, 0.1) is 5.92 Å². The van der Waals surface area contributed by atoms with Gasteiger partial charge in [0.1, 0.15) is 5.78 Å². The number of aromatic nitrogens is 2. The van der Waals surface area contributed by atoms with E-state index in [2.05, 4.69) is 22.7 Å². The first kappa shape index (κ1) is 9.44. The van der Waals surface area contributed by atoms with Crippen LogP contribution in [0.1, 0.15) is 38.3 Å². The first-order chi connectivity index (χ1) is 6.72. The zero-order valence-corrected chi connectivity index (χ0v) is 8.73. The Morgan fingerprint density at radius 3 is 2.93 bits per heavy atom. The van der Waals surface area contributed by atoms with Gasteiger partial charge in [-0.1, -0.05) is 6.92 Å². The van der Waals surface area contributed by atoms with Gasteiger partial charge in [-0.15, -0.1) is 0 Å². The second kappa shape index (κ2) is 3.56. The second-order valence-corrected chi connectivity index (χ2v) is 4.03. The van der Waals surface area contributed by atoms with E-state index < -0.39 is 0 Å². The van der Waals surface area contributed by atoms with Crippen molar-refractivity contribution in [3.63, 3.8) is 0 Å². The second-order valence-electron chi connectivity index (χ2n) is 4.03. The molecule has 1 aromatic heterocycles. The molecule has 1 fully saturated rings. The monoisotopic (exact) mass is 192 g/mol. The highest BCUT2D eigenvalue weighted by molar-refractivity contribution is 5.83. The van der Waals surface area contributed by atoms with Gasteiger partial charge >= 0.3 is 0 Å². The lowest BCUT2D eigenvalue weighted by Crippen LogP contribution is -2.09. The van der Waals surface area contributed by atoms with E-state index in [1.165, 1.54) is 0 Å². The van der Waals surface area contributed by atoms with Crippen molar-refractivity contribution in [2.45, 2.75) is 39.2 Å². The number of imidazole rings is 1. The Morgan fingerprint density at radius 1 is 1.64 bits per heavy atom. The highest BCUT2D eigenvalue weighted by Gasteiger charge is 2.33. The number of Topliss-reactive ketones (excluding diaryl/α,β-unsaturated/α-hetero) is 1. The molecule has 0 N–H and O–H groups in total. The first-order valence-electron chi connectivity index (χ1n) is 5.26. The molecule has 3 heteroatoms. The summed E-state index contributed by atoms with van der Waals surface area (Å²) in [6.07, 6.45) is 5.62. The molecule has 0 radical (unpaired) electrons. The van der Waals surface area contributed by atoms with E-state index in [9.17, 15) is 4.79 Å². The molecule has 1 saturated carbocycles. The van der Waals surface area contributed by atoms with Crippen molar-refractivity contribution in [2.75, 3.05) is 0 Å². The normalized spacial score (nSPS) is 27.1.